The van der Waals surface area contributed by atoms with Crippen LogP contribution in [0.4, 0.5) is 0 Å². The molecule has 0 heterocycles. The second-order valence-electron chi connectivity index (χ2n) is 4.77. The minimum absolute atomic E-state index is 0.0427. The Morgan fingerprint density at radius 2 is 1.84 bits per heavy atom. The van der Waals surface area contributed by atoms with Crippen molar-refractivity contribution in [3.63, 3.8) is 0 Å². The van der Waals surface area contributed by atoms with Crippen molar-refractivity contribution in [1.29, 1.82) is 0 Å². The second-order valence-corrected chi connectivity index (χ2v) is 7.99. The summed E-state index contributed by atoms with van der Waals surface area (Å²) < 4.78 is 53.6. The number of hydrogen-bond acceptors (Lipinski definition) is 6. The molecule has 0 amide bonds. The monoisotopic (exact) mass is 312 g/mol. The van der Waals surface area contributed by atoms with Crippen molar-refractivity contribution in [3.05, 3.63) is 12.2 Å². The molecule has 0 bridgehead atoms. The predicted molar refractivity (Wildman–Crippen MR) is 71.6 cm³/mol. The topological polar surface area (TPSA) is 86.7 Å². The van der Waals surface area contributed by atoms with Gasteiger partial charge < -0.3 is 0 Å². The quantitative estimate of drug-likeness (QED) is 0.378. The van der Waals surface area contributed by atoms with E-state index in [2.05, 4.69) is 4.18 Å². The van der Waals surface area contributed by atoms with Crippen LogP contribution in [0.2, 0.25) is 0 Å². The summed E-state index contributed by atoms with van der Waals surface area (Å²) in [6, 6.07) is 0. The first-order chi connectivity index (χ1) is 8.58. The third kappa shape index (κ3) is 6.03. The van der Waals surface area contributed by atoms with E-state index in [-0.39, 0.29) is 12.5 Å². The summed E-state index contributed by atoms with van der Waals surface area (Å²) in [5.41, 5.74) is -0.743. The molecule has 1 aliphatic carbocycles. The molecule has 1 aliphatic rings. The highest BCUT2D eigenvalue weighted by atomic mass is 32.2. The van der Waals surface area contributed by atoms with Crippen LogP contribution in [0.25, 0.3) is 0 Å². The molecule has 0 aliphatic heterocycles. The Morgan fingerprint density at radius 3 is 2.26 bits per heavy atom. The van der Waals surface area contributed by atoms with Gasteiger partial charge in [0.1, 0.15) is 5.60 Å². The summed E-state index contributed by atoms with van der Waals surface area (Å²) >= 11 is 0. The van der Waals surface area contributed by atoms with Crippen LogP contribution in [0.3, 0.4) is 0 Å². The maximum atomic E-state index is 11.2. The van der Waals surface area contributed by atoms with Crippen LogP contribution in [-0.2, 0) is 28.6 Å². The van der Waals surface area contributed by atoms with E-state index in [0.717, 1.165) is 18.9 Å². The summed E-state index contributed by atoms with van der Waals surface area (Å²) in [5.74, 6) is 0.189. The van der Waals surface area contributed by atoms with E-state index < -0.39 is 25.8 Å². The first-order valence-corrected chi connectivity index (χ1v) is 9.64. The molecule has 19 heavy (non-hydrogen) atoms. The van der Waals surface area contributed by atoms with Crippen molar-refractivity contribution >= 4 is 20.2 Å². The summed E-state index contributed by atoms with van der Waals surface area (Å²) in [5, 5.41) is 0. The normalized spacial score (nSPS) is 27.8. The van der Waals surface area contributed by atoms with Gasteiger partial charge in [0.25, 0.3) is 20.2 Å². The lowest BCUT2D eigenvalue weighted by Gasteiger charge is -2.11. The highest BCUT2D eigenvalue weighted by Crippen LogP contribution is 2.51. The molecule has 1 saturated carbocycles. The van der Waals surface area contributed by atoms with Gasteiger partial charge in [0, 0.05) is 0 Å². The van der Waals surface area contributed by atoms with E-state index in [0.29, 0.717) is 12.8 Å². The highest BCUT2D eigenvalue weighted by molar-refractivity contribution is 7.86. The van der Waals surface area contributed by atoms with Gasteiger partial charge in [-0.05, 0) is 18.8 Å². The van der Waals surface area contributed by atoms with Crippen LogP contribution in [0.1, 0.15) is 26.2 Å². The molecule has 112 valence electrons. The van der Waals surface area contributed by atoms with E-state index in [1.165, 1.54) is 0 Å². The van der Waals surface area contributed by atoms with Gasteiger partial charge in [0.15, 0.2) is 0 Å². The van der Waals surface area contributed by atoms with Crippen molar-refractivity contribution in [2.45, 2.75) is 31.8 Å². The Hall–Kier alpha value is -0.440. The molecule has 1 rings (SSSR count). The third-order valence-corrected chi connectivity index (χ3v) is 4.09. The molecule has 2 atom stereocenters. The molecular weight excluding hydrogens is 292 g/mol. The van der Waals surface area contributed by atoms with Crippen molar-refractivity contribution < 1.29 is 25.2 Å². The summed E-state index contributed by atoms with van der Waals surface area (Å²) in [6.45, 7) is 2.01. The van der Waals surface area contributed by atoms with Gasteiger partial charge in [-0.25, -0.2) is 0 Å². The van der Waals surface area contributed by atoms with Crippen molar-refractivity contribution in [2.24, 2.45) is 5.92 Å². The summed E-state index contributed by atoms with van der Waals surface area (Å²) in [7, 11) is -6.94. The lowest BCUT2D eigenvalue weighted by molar-refractivity contribution is 0.218. The van der Waals surface area contributed by atoms with Crippen LogP contribution >= 0.6 is 0 Å². The molecule has 0 saturated heterocycles. The molecule has 0 spiro atoms. The molecule has 8 heteroatoms. The summed E-state index contributed by atoms with van der Waals surface area (Å²) in [4.78, 5) is 0. The van der Waals surface area contributed by atoms with Gasteiger partial charge >= 0.3 is 0 Å². The van der Waals surface area contributed by atoms with Crippen LogP contribution in [0.15, 0.2) is 12.2 Å². The zero-order valence-electron chi connectivity index (χ0n) is 11.3. The average Bonchev–Trinajstić information content (AvgIpc) is 2.86. The van der Waals surface area contributed by atoms with E-state index in [4.69, 9.17) is 4.18 Å². The van der Waals surface area contributed by atoms with E-state index >= 15 is 0 Å². The standard InChI is InChI=1S/C11H20O6S2/c1-4-10-9-11(10,17-19(3,14)15)7-5-6-8-16-18(2,12)13/h5,7,10H,4,6,8-9H2,1-3H3/b7-5+/t10-,11-/m0/s1. The molecule has 0 radical (unpaired) electrons. The van der Waals surface area contributed by atoms with Gasteiger partial charge in [-0.3, -0.25) is 8.37 Å². The lowest BCUT2D eigenvalue weighted by atomic mass is 10.2. The first-order valence-electron chi connectivity index (χ1n) is 6.01. The van der Waals surface area contributed by atoms with Crippen molar-refractivity contribution in [3.8, 4) is 0 Å². The van der Waals surface area contributed by atoms with Gasteiger partial charge in [-0.15, -0.1) is 0 Å². The van der Waals surface area contributed by atoms with Gasteiger partial charge in [-0.2, -0.15) is 16.8 Å². The Labute approximate surface area is 115 Å². The number of hydrogen-bond donors (Lipinski definition) is 0. The van der Waals surface area contributed by atoms with Crippen LogP contribution < -0.4 is 0 Å². The molecule has 0 N–H and O–H groups in total. The fraction of sp³-hybridized carbons (Fsp3) is 0.818. The minimum Gasteiger partial charge on any atom is -0.270 e. The highest BCUT2D eigenvalue weighted by Gasteiger charge is 2.54. The van der Waals surface area contributed by atoms with Crippen LogP contribution in [-0.4, -0.2) is 41.6 Å². The van der Waals surface area contributed by atoms with Gasteiger partial charge in [-0.1, -0.05) is 25.5 Å². The zero-order valence-corrected chi connectivity index (χ0v) is 13.0. The molecule has 6 nitrogen and oxygen atoms in total. The van der Waals surface area contributed by atoms with E-state index in [1.54, 1.807) is 12.2 Å². The maximum Gasteiger partial charge on any atom is 0.265 e. The fourth-order valence-electron chi connectivity index (χ4n) is 1.98. The minimum atomic E-state index is -3.51. The van der Waals surface area contributed by atoms with E-state index in [9.17, 15) is 16.8 Å². The SMILES string of the molecule is CC[C@H]1C[C@]1(/C=C/CCOS(C)(=O)=O)OS(C)(=O)=O. The van der Waals surface area contributed by atoms with Gasteiger partial charge in [0.05, 0.1) is 19.1 Å². The Morgan fingerprint density at radius 1 is 1.21 bits per heavy atom. The van der Waals surface area contributed by atoms with Crippen LogP contribution in [0, 0.1) is 5.92 Å². The Kier molecular flexibility index (Phi) is 5.16. The summed E-state index contributed by atoms with van der Waals surface area (Å²) in [6.07, 6.45) is 7.30. The third-order valence-electron chi connectivity index (χ3n) is 2.88. The molecule has 1 fully saturated rings. The maximum absolute atomic E-state index is 11.2. The Bertz CT molecular complexity index is 534. The zero-order chi connectivity index (χ0) is 14.7. The molecule has 0 aromatic heterocycles. The lowest BCUT2D eigenvalue weighted by Crippen LogP contribution is -2.19. The largest absolute Gasteiger partial charge is 0.270 e. The molecule has 0 unspecified atom stereocenters. The molecular formula is C11H20O6S2. The smallest absolute Gasteiger partial charge is 0.265 e. The van der Waals surface area contributed by atoms with Crippen molar-refractivity contribution in [2.75, 3.05) is 19.1 Å². The Balaban J connectivity index is 2.52. The average molecular weight is 312 g/mol. The van der Waals surface area contributed by atoms with Crippen molar-refractivity contribution in [1.82, 2.24) is 0 Å². The molecule has 0 aromatic rings. The molecule has 0 aromatic carbocycles. The number of rotatable bonds is 8. The fourth-order valence-corrected chi connectivity index (χ4v) is 3.20. The second kappa shape index (κ2) is 5.90. The first kappa shape index (κ1) is 16.6. The van der Waals surface area contributed by atoms with E-state index in [1.807, 2.05) is 6.92 Å². The van der Waals surface area contributed by atoms with Gasteiger partial charge in [0.2, 0.25) is 0 Å². The van der Waals surface area contributed by atoms with Crippen LogP contribution in [0.5, 0.6) is 0 Å². The predicted octanol–water partition coefficient (Wildman–Crippen LogP) is 1.05.